The molecule has 0 radical (unpaired) electrons. The van der Waals surface area contributed by atoms with Crippen LogP contribution < -0.4 is 19.7 Å². The van der Waals surface area contributed by atoms with Crippen LogP contribution in [0.4, 0.5) is 11.4 Å². The molecule has 1 aliphatic rings. The Morgan fingerprint density at radius 1 is 1.15 bits per heavy atom. The van der Waals surface area contributed by atoms with Gasteiger partial charge in [0.05, 0.1) is 26.0 Å². The minimum atomic E-state index is -0.216. The van der Waals surface area contributed by atoms with E-state index in [-0.39, 0.29) is 12.5 Å². The number of hydrogen-bond donors (Lipinski definition) is 1. The predicted octanol–water partition coefficient (Wildman–Crippen LogP) is 3.31. The molecule has 0 bridgehead atoms. The summed E-state index contributed by atoms with van der Waals surface area (Å²) in [6.07, 6.45) is 0. The molecular weight excluding hydrogens is 400 g/mol. The van der Waals surface area contributed by atoms with E-state index in [2.05, 4.69) is 26.1 Å². The van der Waals surface area contributed by atoms with Crippen molar-refractivity contribution in [3.63, 3.8) is 0 Å². The number of hydrogen-bond acceptors (Lipinski definition) is 5. The first-order chi connectivity index (χ1) is 12.7. The van der Waals surface area contributed by atoms with E-state index in [4.69, 9.17) is 14.2 Å². The molecule has 0 saturated carbocycles. The second-order valence-electron chi connectivity index (χ2n) is 5.78. The summed E-state index contributed by atoms with van der Waals surface area (Å²) in [6, 6.07) is 12.9. The molecule has 0 atom stereocenters. The summed E-state index contributed by atoms with van der Waals surface area (Å²) in [4.78, 5) is 14.4. The average molecular weight is 421 g/mol. The molecule has 6 nitrogen and oxygen atoms in total. The number of morpholine rings is 1. The number of anilines is 2. The summed E-state index contributed by atoms with van der Waals surface area (Å²) >= 11 is 3.58. The van der Waals surface area contributed by atoms with Crippen LogP contribution in [0.25, 0.3) is 0 Å². The van der Waals surface area contributed by atoms with Crippen LogP contribution in [-0.2, 0) is 9.53 Å². The summed E-state index contributed by atoms with van der Waals surface area (Å²) < 4.78 is 16.9. The molecule has 1 saturated heterocycles. The number of nitrogens with zero attached hydrogens (tertiary/aromatic N) is 1. The van der Waals surface area contributed by atoms with Gasteiger partial charge in [0.25, 0.3) is 5.91 Å². The standard InChI is InChI=1S/C19H21BrN2O4/c1-24-15-3-5-16(6-4-15)26-13-19(23)21-14-2-7-18(17(20)12-14)22-8-10-25-11-9-22/h2-7,12H,8-11,13H2,1H3,(H,21,23). The molecule has 0 aliphatic carbocycles. The number of methoxy groups -OCH3 is 1. The zero-order valence-corrected chi connectivity index (χ0v) is 16.1. The lowest BCUT2D eigenvalue weighted by atomic mass is 10.2. The predicted molar refractivity (Wildman–Crippen MR) is 104 cm³/mol. The van der Waals surface area contributed by atoms with Crippen molar-refractivity contribution in [2.75, 3.05) is 50.2 Å². The van der Waals surface area contributed by atoms with E-state index in [1.54, 1.807) is 31.4 Å². The smallest absolute Gasteiger partial charge is 0.262 e. The highest BCUT2D eigenvalue weighted by Gasteiger charge is 2.14. The van der Waals surface area contributed by atoms with E-state index in [0.717, 1.165) is 47.9 Å². The summed E-state index contributed by atoms with van der Waals surface area (Å²) in [5.74, 6) is 1.14. The summed E-state index contributed by atoms with van der Waals surface area (Å²) in [5, 5.41) is 2.84. The molecule has 26 heavy (non-hydrogen) atoms. The molecule has 7 heteroatoms. The zero-order chi connectivity index (χ0) is 18.4. The Labute approximate surface area is 161 Å². The number of nitrogens with one attached hydrogen (secondary N) is 1. The maximum atomic E-state index is 12.1. The minimum absolute atomic E-state index is 0.0604. The number of carbonyl (C=O) groups excluding carboxylic acids is 1. The number of amides is 1. The largest absolute Gasteiger partial charge is 0.497 e. The molecule has 2 aromatic rings. The molecule has 1 heterocycles. The highest BCUT2D eigenvalue weighted by atomic mass is 79.9. The SMILES string of the molecule is COc1ccc(OCC(=O)Nc2ccc(N3CCOCC3)c(Br)c2)cc1. The Morgan fingerprint density at radius 3 is 2.50 bits per heavy atom. The number of carbonyl (C=O) groups is 1. The maximum Gasteiger partial charge on any atom is 0.262 e. The fourth-order valence-corrected chi connectivity index (χ4v) is 3.29. The fraction of sp³-hybridized carbons (Fsp3) is 0.316. The Morgan fingerprint density at radius 2 is 1.85 bits per heavy atom. The van der Waals surface area contributed by atoms with Gasteiger partial charge in [0.2, 0.25) is 0 Å². The second kappa shape index (κ2) is 8.91. The minimum Gasteiger partial charge on any atom is -0.497 e. The molecule has 1 N–H and O–H groups in total. The molecule has 0 unspecified atom stereocenters. The highest BCUT2D eigenvalue weighted by Crippen LogP contribution is 2.29. The van der Waals surface area contributed by atoms with Gasteiger partial charge in [0.15, 0.2) is 6.61 Å². The molecule has 2 aromatic carbocycles. The van der Waals surface area contributed by atoms with Crippen LogP contribution in [0.15, 0.2) is 46.9 Å². The monoisotopic (exact) mass is 420 g/mol. The number of halogens is 1. The first-order valence-electron chi connectivity index (χ1n) is 8.34. The van der Waals surface area contributed by atoms with Gasteiger partial charge in [0, 0.05) is 23.2 Å². The van der Waals surface area contributed by atoms with Crippen molar-refractivity contribution in [2.24, 2.45) is 0 Å². The van der Waals surface area contributed by atoms with Crippen LogP contribution in [-0.4, -0.2) is 45.9 Å². The van der Waals surface area contributed by atoms with Crippen LogP contribution in [0.2, 0.25) is 0 Å². The van der Waals surface area contributed by atoms with Crippen molar-refractivity contribution >= 4 is 33.2 Å². The first-order valence-corrected chi connectivity index (χ1v) is 9.14. The van der Waals surface area contributed by atoms with E-state index < -0.39 is 0 Å². The molecule has 3 rings (SSSR count). The molecule has 0 spiro atoms. The van der Waals surface area contributed by atoms with Crippen molar-refractivity contribution < 1.29 is 19.0 Å². The van der Waals surface area contributed by atoms with E-state index in [1.165, 1.54) is 0 Å². The van der Waals surface area contributed by atoms with Crippen molar-refractivity contribution in [1.82, 2.24) is 0 Å². The number of ether oxygens (including phenoxy) is 3. The van der Waals surface area contributed by atoms with Gasteiger partial charge in [0.1, 0.15) is 11.5 Å². The van der Waals surface area contributed by atoms with Crippen LogP contribution in [0.1, 0.15) is 0 Å². The van der Waals surface area contributed by atoms with Crippen molar-refractivity contribution in [3.8, 4) is 11.5 Å². The third kappa shape index (κ3) is 4.89. The molecular formula is C19H21BrN2O4. The Balaban J connectivity index is 1.54. The normalized spacial score (nSPS) is 14.0. The molecule has 1 amide bonds. The summed E-state index contributed by atoms with van der Waals surface area (Å²) in [6.45, 7) is 3.12. The van der Waals surface area contributed by atoms with Gasteiger partial charge in [-0.25, -0.2) is 0 Å². The molecule has 1 aliphatic heterocycles. The van der Waals surface area contributed by atoms with Gasteiger partial charge in [-0.1, -0.05) is 0 Å². The topological polar surface area (TPSA) is 60.0 Å². The van der Waals surface area contributed by atoms with Gasteiger partial charge < -0.3 is 24.4 Å². The van der Waals surface area contributed by atoms with Crippen molar-refractivity contribution in [1.29, 1.82) is 0 Å². The Kier molecular flexibility index (Phi) is 6.35. The van der Waals surface area contributed by atoms with Gasteiger partial charge in [-0.3, -0.25) is 4.79 Å². The Bertz CT molecular complexity index is 746. The molecule has 1 fully saturated rings. The van der Waals surface area contributed by atoms with Gasteiger partial charge in [-0.15, -0.1) is 0 Å². The lowest BCUT2D eigenvalue weighted by Crippen LogP contribution is -2.36. The average Bonchev–Trinajstić information content (AvgIpc) is 2.67. The number of rotatable bonds is 6. The van der Waals surface area contributed by atoms with E-state index in [9.17, 15) is 4.79 Å². The molecule has 0 aromatic heterocycles. The van der Waals surface area contributed by atoms with Gasteiger partial charge in [-0.05, 0) is 58.4 Å². The van der Waals surface area contributed by atoms with Crippen LogP contribution in [0.3, 0.4) is 0 Å². The summed E-state index contributed by atoms with van der Waals surface area (Å²) in [7, 11) is 1.60. The van der Waals surface area contributed by atoms with E-state index >= 15 is 0 Å². The maximum absolute atomic E-state index is 12.1. The van der Waals surface area contributed by atoms with Crippen molar-refractivity contribution in [2.45, 2.75) is 0 Å². The van der Waals surface area contributed by atoms with Crippen LogP contribution in [0.5, 0.6) is 11.5 Å². The third-order valence-corrected chi connectivity index (χ3v) is 4.65. The molecule has 138 valence electrons. The first kappa shape index (κ1) is 18.5. The fourth-order valence-electron chi connectivity index (χ4n) is 2.66. The lowest BCUT2D eigenvalue weighted by Gasteiger charge is -2.29. The van der Waals surface area contributed by atoms with Crippen LogP contribution >= 0.6 is 15.9 Å². The third-order valence-electron chi connectivity index (χ3n) is 4.01. The van der Waals surface area contributed by atoms with E-state index in [1.807, 2.05) is 18.2 Å². The lowest BCUT2D eigenvalue weighted by molar-refractivity contribution is -0.118. The summed E-state index contributed by atoms with van der Waals surface area (Å²) in [5.41, 5.74) is 1.82. The van der Waals surface area contributed by atoms with Gasteiger partial charge >= 0.3 is 0 Å². The van der Waals surface area contributed by atoms with Crippen LogP contribution in [0, 0.1) is 0 Å². The second-order valence-corrected chi connectivity index (χ2v) is 6.63. The number of benzene rings is 2. The van der Waals surface area contributed by atoms with E-state index in [0.29, 0.717) is 5.75 Å². The quantitative estimate of drug-likeness (QED) is 0.776. The Hall–Kier alpha value is -2.25. The van der Waals surface area contributed by atoms with Gasteiger partial charge in [-0.2, -0.15) is 0 Å². The highest BCUT2D eigenvalue weighted by molar-refractivity contribution is 9.10. The van der Waals surface area contributed by atoms with Crippen molar-refractivity contribution in [3.05, 3.63) is 46.9 Å². The zero-order valence-electron chi connectivity index (χ0n) is 14.5.